The molecule has 1 amide bonds. The molecule has 2 heterocycles. The molecule has 0 bridgehead atoms. The number of anilines is 1. The van der Waals surface area contributed by atoms with Gasteiger partial charge in [-0.2, -0.15) is 0 Å². The number of aromatic nitrogens is 3. The topological polar surface area (TPSA) is 60.2 Å². The van der Waals surface area contributed by atoms with Crippen LogP contribution in [0.15, 0.2) is 58.6 Å². The van der Waals surface area contributed by atoms with Gasteiger partial charge in [-0.1, -0.05) is 30.8 Å². The average molecular weight is 455 g/mol. The Morgan fingerprint density at radius 3 is 2.71 bits per heavy atom. The first-order valence-corrected chi connectivity index (χ1v) is 12.2. The van der Waals surface area contributed by atoms with Crippen LogP contribution < -0.4 is 9.64 Å². The van der Waals surface area contributed by atoms with Crippen molar-refractivity contribution in [2.45, 2.75) is 42.1 Å². The quantitative estimate of drug-likeness (QED) is 0.490. The number of para-hydroxylation sites is 1. The molecule has 0 saturated carbocycles. The summed E-state index contributed by atoms with van der Waals surface area (Å²) in [6.45, 7) is 5.74. The van der Waals surface area contributed by atoms with Gasteiger partial charge in [0.05, 0.1) is 18.6 Å². The van der Waals surface area contributed by atoms with E-state index < -0.39 is 0 Å². The number of benzene rings is 2. The highest BCUT2D eigenvalue weighted by Gasteiger charge is 2.25. The average Bonchev–Trinajstić information content (AvgIpc) is 3.13. The van der Waals surface area contributed by atoms with E-state index in [2.05, 4.69) is 30.1 Å². The Bertz CT molecular complexity index is 1050. The number of thioether (sulfide) groups is 2. The van der Waals surface area contributed by atoms with Crippen molar-refractivity contribution >= 4 is 35.1 Å². The zero-order chi connectivity index (χ0) is 21.8. The van der Waals surface area contributed by atoms with Crippen LogP contribution in [-0.2, 0) is 11.3 Å². The standard InChI is InChI=1S/C23H26N4O2S2/c1-4-26-22(17-9-11-18(29-3)12-10-17)24-25-23(26)30-15-21(28)27-14-13-16(2)31-20-8-6-5-7-19(20)27/h5-12,16H,4,13-15H2,1-3H3. The lowest BCUT2D eigenvalue weighted by molar-refractivity contribution is -0.116. The molecule has 31 heavy (non-hydrogen) atoms. The van der Waals surface area contributed by atoms with Crippen LogP contribution >= 0.6 is 23.5 Å². The second-order valence-electron chi connectivity index (χ2n) is 7.30. The van der Waals surface area contributed by atoms with Crippen molar-refractivity contribution in [2.75, 3.05) is 24.3 Å². The summed E-state index contributed by atoms with van der Waals surface area (Å²) in [5.41, 5.74) is 1.99. The molecule has 162 valence electrons. The third kappa shape index (κ3) is 4.75. The van der Waals surface area contributed by atoms with Crippen LogP contribution in [0.5, 0.6) is 5.75 Å². The lowest BCUT2D eigenvalue weighted by atomic mass is 10.2. The summed E-state index contributed by atoms with van der Waals surface area (Å²) in [7, 11) is 1.65. The summed E-state index contributed by atoms with van der Waals surface area (Å²) in [6.07, 6.45) is 0.975. The predicted octanol–water partition coefficient (Wildman–Crippen LogP) is 4.98. The monoisotopic (exact) mass is 454 g/mol. The molecule has 1 aliphatic heterocycles. The second-order valence-corrected chi connectivity index (χ2v) is 9.72. The highest BCUT2D eigenvalue weighted by molar-refractivity contribution is 8.00. The molecule has 2 aromatic carbocycles. The second kappa shape index (κ2) is 9.78. The van der Waals surface area contributed by atoms with E-state index in [9.17, 15) is 4.79 Å². The number of hydrogen-bond donors (Lipinski definition) is 0. The Morgan fingerprint density at radius 1 is 1.19 bits per heavy atom. The summed E-state index contributed by atoms with van der Waals surface area (Å²) in [5.74, 6) is 2.03. The van der Waals surface area contributed by atoms with Crippen LogP contribution in [0.25, 0.3) is 11.4 Å². The van der Waals surface area contributed by atoms with E-state index in [-0.39, 0.29) is 5.91 Å². The number of hydrogen-bond acceptors (Lipinski definition) is 6. The van der Waals surface area contributed by atoms with Gasteiger partial charge in [0.1, 0.15) is 5.75 Å². The van der Waals surface area contributed by atoms with Crippen LogP contribution in [0, 0.1) is 0 Å². The summed E-state index contributed by atoms with van der Waals surface area (Å²) in [4.78, 5) is 16.3. The molecule has 1 aliphatic rings. The molecule has 1 unspecified atom stereocenters. The van der Waals surface area contributed by atoms with Crippen molar-refractivity contribution in [1.29, 1.82) is 0 Å². The minimum Gasteiger partial charge on any atom is -0.497 e. The fourth-order valence-electron chi connectivity index (χ4n) is 3.58. The zero-order valence-electron chi connectivity index (χ0n) is 17.9. The lowest BCUT2D eigenvalue weighted by Crippen LogP contribution is -2.33. The van der Waals surface area contributed by atoms with E-state index >= 15 is 0 Å². The van der Waals surface area contributed by atoms with E-state index in [1.165, 1.54) is 16.7 Å². The fraction of sp³-hybridized carbons (Fsp3) is 0.348. The van der Waals surface area contributed by atoms with Gasteiger partial charge in [0.15, 0.2) is 11.0 Å². The number of methoxy groups -OCH3 is 1. The number of fused-ring (bicyclic) bond motifs is 1. The van der Waals surface area contributed by atoms with Crippen LogP contribution in [0.3, 0.4) is 0 Å². The number of nitrogens with zero attached hydrogens (tertiary/aromatic N) is 4. The predicted molar refractivity (Wildman–Crippen MR) is 127 cm³/mol. The van der Waals surface area contributed by atoms with Crippen LogP contribution in [0.1, 0.15) is 20.3 Å². The smallest absolute Gasteiger partial charge is 0.237 e. The Kier molecular flexibility index (Phi) is 6.87. The van der Waals surface area contributed by atoms with Crippen molar-refractivity contribution in [3.05, 3.63) is 48.5 Å². The van der Waals surface area contributed by atoms with Gasteiger partial charge >= 0.3 is 0 Å². The van der Waals surface area contributed by atoms with Gasteiger partial charge in [0.2, 0.25) is 5.91 Å². The molecule has 0 spiro atoms. The number of carbonyl (C=O) groups excluding carboxylic acids is 1. The van der Waals surface area contributed by atoms with Gasteiger partial charge < -0.3 is 14.2 Å². The highest BCUT2D eigenvalue weighted by atomic mass is 32.2. The van der Waals surface area contributed by atoms with Crippen LogP contribution in [0.2, 0.25) is 0 Å². The Hall–Kier alpha value is -2.45. The van der Waals surface area contributed by atoms with E-state index in [4.69, 9.17) is 4.74 Å². The molecule has 0 radical (unpaired) electrons. The van der Waals surface area contributed by atoms with Crippen molar-refractivity contribution in [1.82, 2.24) is 14.8 Å². The third-order valence-corrected chi connectivity index (χ3v) is 7.44. The normalized spacial score (nSPS) is 16.0. The number of amides is 1. The first-order chi connectivity index (χ1) is 15.1. The van der Waals surface area contributed by atoms with Gasteiger partial charge in [-0.25, -0.2) is 0 Å². The molecule has 4 rings (SSSR count). The Balaban J connectivity index is 1.50. The first-order valence-electron chi connectivity index (χ1n) is 10.4. The van der Waals surface area contributed by atoms with E-state index in [0.717, 1.165) is 47.5 Å². The molecule has 8 heteroatoms. The van der Waals surface area contributed by atoms with Crippen molar-refractivity contribution in [3.63, 3.8) is 0 Å². The molecule has 3 aromatic rings. The maximum Gasteiger partial charge on any atom is 0.237 e. The van der Waals surface area contributed by atoms with Crippen molar-refractivity contribution in [3.8, 4) is 17.1 Å². The number of ether oxygens (including phenoxy) is 1. The van der Waals surface area contributed by atoms with E-state index in [1.807, 2.05) is 63.7 Å². The maximum atomic E-state index is 13.2. The van der Waals surface area contributed by atoms with Crippen molar-refractivity contribution in [2.24, 2.45) is 0 Å². The summed E-state index contributed by atoms with van der Waals surface area (Å²) < 4.78 is 7.29. The third-order valence-electron chi connectivity index (χ3n) is 5.25. The fourth-order valence-corrected chi connectivity index (χ4v) is 5.58. The van der Waals surface area contributed by atoms with Crippen molar-refractivity contribution < 1.29 is 9.53 Å². The van der Waals surface area contributed by atoms with Gasteiger partial charge in [0, 0.05) is 28.8 Å². The first kappa shape index (κ1) is 21.8. The van der Waals surface area contributed by atoms with Gasteiger partial charge in [0.25, 0.3) is 0 Å². The molecular formula is C23H26N4O2S2. The minimum atomic E-state index is 0.101. The van der Waals surface area contributed by atoms with E-state index in [0.29, 0.717) is 11.0 Å². The van der Waals surface area contributed by atoms with Gasteiger partial charge in [-0.05, 0) is 49.7 Å². The van der Waals surface area contributed by atoms with Gasteiger partial charge in [-0.15, -0.1) is 22.0 Å². The summed E-state index contributed by atoms with van der Waals surface area (Å²) >= 11 is 3.29. The zero-order valence-corrected chi connectivity index (χ0v) is 19.6. The van der Waals surface area contributed by atoms with Gasteiger partial charge in [-0.3, -0.25) is 4.79 Å². The lowest BCUT2D eigenvalue weighted by Gasteiger charge is -2.22. The molecule has 6 nitrogen and oxygen atoms in total. The summed E-state index contributed by atoms with van der Waals surface area (Å²) in [6, 6.07) is 15.9. The maximum absolute atomic E-state index is 13.2. The summed E-state index contributed by atoms with van der Waals surface area (Å²) in [5, 5.41) is 10.00. The molecule has 1 aromatic heterocycles. The highest BCUT2D eigenvalue weighted by Crippen LogP contribution is 2.37. The van der Waals surface area contributed by atoms with E-state index in [1.54, 1.807) is 7.11 Å². The number of rotatable bonds is 6. The molecular weight excluding hydrogens is 428 g/mol. The SMILES string of the molecule is CCn1c(SCC(=O)N2CCC(C)Sc3ccccc32)nnc1-c1ccc(OC)cc1. The largest absolute Gasteiger partial charge is 0.497 e. The van der Waals surface area contributed by atoms with Crippen LogP contribution in [0.4, 0.5) is 5.69 Å². The Labute approximate surface area is 191 Å². The molecule has 0 saturated heterocycles. The molecule has 0 N–H and O–H groups in total. The number of carbonyl (C=O) groups is 1. The molecule has 1 atom stereocenters. The minimum absolute atomic E-state index is 0.101. The van der Waals surface area contributed by atoms with Crippen LogP contribution in [-0.4, -0.2) is 45.3 Å². The molecule has 0 aliphatic carbocycles. The Morgan fingerprint density at radius 2 is 1.97 bits per heavy atom. The molecule has 0 fully saturated rings.